The Labute approximate surface area is 98.4 Å². The number of phenolic OH excluding ortho intramolecular Hbond substituents is 2. The maximum atomic E-state index is 10.4. The number of ether oxygens (including phenoxy) is 1. The first kappa shape index (κ1) is 12.6. The Hall–Kier alpha value is -2.43. The topological polar surface area (TPSA) is 92.8 Å². The zero-order valence-corrected chi connectivity index (χ0v) is 9.25. The summed E-state index contributed by atoms with van der Waals surface area (Å²) in [5.74, 6) is -0.954. The fourth-order valence-electron chi connectivity index (χ4n) is 1.18. The summed E-state index contributed by atoms with van der Waals surface area (Å²) in [6.45, 7) is 0. The maximum absolute atomic E-state index is 10.4. The minimum Gasteiger partial charge on any atom is -0.504 e. The second-order valence-electron chi connectivity index (χ2n) is 3.21. The van der Waals surface area contributed by atoms with Gasteiger partial charge in [0, 0.05) is 6.08 Å². The van der Waals surface area contributed by atoms with Gasteiger partial charge in [0.05, 0.1) is 7.11 Å². The van der Waals surface area contributed by atoms with E-state index in [4.69, 9.17) is 10.5 Å². The highest BCUT2D eigenvalue weighted by atomic mass is 16.5. The highest BCUT2D eigenvalue weighted by Gasteiger charge is 2.07. The highest BCUT2D eigenvalue weighted by Crippen LogP contribution is 2.36. The van der Waals surface area contributed by atoms with E-state index >= 15 is 0 Å². The number of hydrogen-bond donors (Lipinski definition) is 3. The Morgan fingerprint density at radius 3 is 2.65 bits per heavy atom. The van der Waals surface area contributed by atoms with E-state index in [2.05, 4.69) is 0 Å². The standard InChI is InChI=1S/C12H13NO4/c1-17-10-7-8(6-9(14)12(10)16)4-2-3-5-11(13)15/h2-7,14,16H,1H3,(H2,13,15)/b4-2+,5-3+. The third-order valence-electron chi connectivity index (χ3n) is 1.96. The smallest absolute Gasteiger partial charge is 0.241 e. The van der Waals surface area contributed by atoms with Crippen molar-refractivity contribution in [1.29, 1.82) is 0 Å². The van der Waals surface area contributed by atoms with Crippen molar-refractivity contribution in [3.8, 4) is 17.2 Å². The van der Waals surface area contributed by atoms with Gasteiger partial charge in [-0.15, -0.1) is 0 Å². The van der Waals surface area contributed by atoms with Crippen LogP contribution >= 0.6 is 0 Å². The summed E-state index contributed by atoms with van der Waals surface area (Å²) in [5, 5.41) is 18.8. The van der Waals surface area contributed by atoms with Crippen LogP contribution in [0.4, 0.5) is 0 Å². The molecule has 17 heavy (non-hydrogen) atoms. The average Bonchev–Trinajstić information content (AvgIpc) is 2.28. The molecule has 0 radical (unpaired) electrons. The van der Waals surface area contributed by atoms with Crippen LogP contribution in [-0.2, 0) is 4.79 Å². The molecule has 0 heterocycles. The third kappa shape index (κ3) is 3.57. The van der Waals surface area contributed by atoms with Gasteiger partial charge >= 0.3 is 0 Å². The molecule has 0 unspecified atom stereocenters. The molecular weight excluding hydrogens is 222 g/mol. The molecule has 0 saturated carbocycles. The van der Waals surface area contributed by atoms with Crippen molar-refractivity contribution in [2.24, 2.45) is 5.73 Å². The number of amides is 1. The number of rotatable bonds is 4. The molecule has 0 aliphatic heterocycles. The van der Waals surface area contributed by atoms with Crippen LogP contribution in [0.25, 0.3) is 6.08 Å². The molecule has 1 rings (SSSR count). The Bertz CT molecular complexity index is 478. The summed E-state index contributed by atoms with van der Waals surface area (Å²) in [6.07, 6.45) is 5.88. The zero-order valence-electron chi connectivity index (χ0n) is 9.25. The molecule has 1 aromatic carbocycles. The van der Waals surface area contributed by atoms with Crippen LogP contribution in [0, 0.1) is 0 Å². The third-order valence-corrected chi connectivity index (χ3v) is 1.96. The van der Waals surface area contributed by atoms with Gasteiger partial charge in [0.25, 0.3) is 0 Å². The molecule has 90 valence electrons. The lowest BCUT2D eigenvalue weighted by Gasteiger charge is -2.06. The zero-order chi connectivity index (χ0) is 12.8. The summed E-state index contributed by atoms with van der Waals surface area (Å²) < 4.78 is 4.87. The minimum atomic E-state index is -0.541. The summed E-state index contributed by atoms with van der Waals surface area (Å²) in [5.41, 5.74) is 5.53. The predicted octanol–water partition coefficient (Wildman–Crippen LogP) is 1.16. The molecule has 5 nitrogen and oxygen atoms in total. The van der Waals surface area contributed by atoms with Gasteiger partial charge in [0.2, 0.25) is 11.7 Å². The Morgan fingerprint density at radius 1 is 1.35 bits per heavy atom. The van der Waals surface area contributed by atoms with Crippen LogP contribution in [0.5, 0.6) is 17.2 Å². The first-order chi connectivity index (χ1) is 8.04. The van der Waals surface area contributed by atoms with Crippen molar-refractivity contribution in [2.75, 3.05) is 7.11 Å². The Kier molecular flexibility index (Phi) is 4.16. The van der Waals surface area contributed by atoms with E-state index in [9.17, 15) is 15.0 Å². The summed E-state index contributed by atoms with van der Waals surface area (Å²) in [4.78, 5) is 10.4. The summed E-state index contributed by atoms with van der Waals surface area (Å²) in [6, 6.07) is 2.91. The normalized spacial score (nSPS) is 11.1. The second kappa shape index (κ2) is 5.60. The lowest BCUT2D eigenvalue weighted by Crippen LogP contribution is -2.04. The first-order valence-corrected chi connectivity index (χ1v) is 4.78. The number of allylic oxidation sites excluding steroid dienone is 2. The molecule has 0 spiro atoms. The van der Waals surface area contributed by atoms with Gasteiger partial charge in [-0.25, -0.2) is 0 Å². The van der Waals surface area contributed by atoms with Crippen molar-refractivity contribution >= 4 is 12.0 Å². The molecule has 0 aliphatic rings. The molecular formula is C12H13NO4. The van der Waals surface area contributed by atoms with Crippen LogP contribution in [0.3, 0.4) is 0 Å². The predicted molar refractivity (Wildman–Crippen MR) is 63.7 cm³/mol. The quantitative estimate of drug-likeness (QED) is 0.415. The van der Waals surface area contributed by atoms with Gasteiger partial charge in [-0.3, -0.25) is 4.79 Å². The van der Waals surface area contributed by atoms with Crippen LogP contribution < -0.4 is 10.5 Å². The van der Waals surface area contributed by atoms with Gasteiger partial charge in [0.15, 0.2) is 11.5 Å². The van der Waals surface area contributed by atoms with Crippen molar-refractivity contribution in [1.82, 2.24) is 0 Å². The van der Waals surface area contributed by atoms with E-state index in [-0.39, 0.29) is 17.2 Å². The van der Waals surface area contributed by atoms with E-state index in [0.29, 0.717) is 5.56 Å². The average molecular weight is 235 g/mol. The monoisotopic (exact) mass is 235 g/mol. The molecule has 0 aromatic heterocycles. The van der Waals surface area contributed by atoms with Crippen LogP contribution in [0.1, 0.15) is 5.56 Å². The van der Waals surface area contributed by atoms with Crippen molar-refractivity contribution < 1.29 is 19.7 Å². The largest absolute Gasteiger partial charge is 0.504 e. The number of phenols is 2. The molecule has 1 amide bonds. The van der Waals surface area contributed by atoms with Gasteiger partial charge in [0.1, 0.15) is 0 Å². The van der Waals surface area contributed by atoms with E-state index < -0.39 is 5.91 Å². The molecule has 1 aromatic rings. The van der Waals surface area contributed by atoms with Crippen LogP contribution in [0.15, 0.2) is 30.4 Å². The lowest BCUT2D eigenvalue weighted by molar-refractivity contribution is -0.113. The van der Waals surface area contributed by atoms with Crippen LogP contribution in [-0.4, -0.2) is 23.2 Å². The van der Waals surface area contributed by atoms with Crippen molar-refractivity contribution in [3.05, 3.63) is 35.9 Å². The number of carbonyl (C=O) groups is 1. The second-order valence-corrected chi connectivity index (χ2v) is 3.21. The highest BCUT2D eigenvalue weighted by molar-refractivity contribution is 5.86. The summed E-state index contributed by atoms with van der Waals surface area (Å²) >= 11 is 0. The number of methoxy groups -OCH3 is 1. The number of nitrogens with two attached hydrogens (primary N) is 1. The maximum Gasteiger partial charge on any atom is 0.241 e. The van der Waals surface area contributed by atoms with E-state index in [0.717, 1.165) is 0 Å². The van der Waals surface area contributed by atoms with Gasteiger partial charge in [-0.05, 0) is 17.7 Å². The fraction of sp³-hybridized carbons (Fsp3) is 0.0833. The van der Waals surface area contributed by atoms with Gasteiger partial charge in [-0.1, -0.05) is 18.2 Å². The van der Waals surface area contributed by atoms with E-state index in [1.54, 1.807) is 18.2 Å². The number of benzene rings is 1. The Morgan fingerprint density at radius 2 is 2.06 bits per heavy atom. The molecule has 0 fully saturated rings. The molecule has 0 saturated heterocycles. The van der Waals surface area contributed by atoms with Crippen LogP contribution in [0.2, 0.25) is 0 Å². The number of hydrogen-bond acceptors (Lipinski definition) is 4. The number of primary amides is 1. The molecule has 4 N–H and O–H groups in total. The summed E-state index contributed by atoms with van der Waals surface area (Å²) in [7, 11) is 1.38. The van der Waals surface area contributed by atoms with Gasteiger partial charge < -0.3 is 20.7 Å². The molecule has 0 atom stereocenters. The fourth-order valence-corrected chi connectivity index (χ4v) is 1.18. The number of carbonyl (C=O) groups excluding carboxylic acids is 1. The van der Waals surface area contributed by atoms with E-state index in [1.807, 2.05) is 0 Å². The number of aromatic hydroxyl groups is 2. The molecule has 0 aliphatic carbocycles. The van der Waals surface area contributed by atoms with Crippen molar-refractivity contribution in [2.45, 2.75) is 0 Å². The molecule has 5 heteroatoms. The lowest BCUT2D eigenvalue weighted by atomic mass is 10.1. The Balaban J connectivity index is 2.92. The first-order valence-electron chi connectivity index (χ1n) is 4.78. The van der Waals surface area contributed by atoms with E-state index in [1.165, 1.54) is 25.3 Å². The van der Waals surface area contributed by atoms with Gasteiger partial charge in [-0.2, -0.15) is 0 Å². The molecule has 0 bridgehead atoms. The minimum absolute atomic E-state index is 0.170. The van der Waals surface area contributed by atoms with Crippen molar-refractivity contribution in [3.63, 3.8) is 0 Å². The SMILES string of the molecule is COc1cc(/C=C/C=C/C(N)=O)cc(O)c1O.